The van der Waals surface area contributed by atoms with Crippen LogP contribution >= 0.6 is 11.3 Å². The average molecular weight is 497 g/mol. The predicted molar refractivity (Wildman–Crippen MR) is 137 cm³/mol. The minimum absolute atomic E-state index is 0.0794. The Labute approximate surface area is 210 Å². The van der Waals surface area contributed by atoms with Gasteiger partial charge in [-0.3, -0.25) is 4.79 Å². The molecule has 1 amide bonds. The largest absolute Gasteiger partial charge is 0.493 e. The van der Waals surface area contributed by atoms with Crippen molar-refractivity contribution in [1.82, 2.24) is 0 Å². The highest BCUT2D eigenvalue weighted by Gasteiger charge is 2.29. The second-order valence-corrected chi connectivity index (χ2v) is 9.62. The minimum atomic E-state index is -0.575. The van der Waals surface area contributed by atoms with Crippen molar-refractivity contribution in [3.8, 4) is 17.6 Å². The van der Waals surface area contributed by atoms with Gasteiger partial charge in [-0.15, -0.1) is 11.3 Å². The zero-order chi connectivity index (χ0) is 25.4. The van der Waals surface area contributed by atoms with Crippen LogP contribution < -0.4 is 14.8 Å². The fraction of sp³-hybridized carbons (Fsp3) is 0.444. The molecule has 0 saturated heterocycles. The van der Waals surface area contributed by atoms with E-state index in [-0.39, 0.29) is 12.2 Å². The molecular formula is C27H32N2O5S. The lowest BCUT2D eigenvalue weighted by molar-refractivity contribution is -0.112. The first-order valence-electron chi connectivity index (χ1n) is 12.0. The lowest BCUT2D eigenvalue weighted by Crippen LogP contribution is -2.17. The zero-order valence-corrected chi connectivity index (χ0v) is 21.5. The van der Waals surface area contributed by atoms with Crippen molar-refractivity contribution in [2.45, 2.75) is 52.9 Å². The fourth-order valence-electron chi connectivity index (χ4n) is 3.97. The molecule has 1 aromatic heterocycles. The quantitative estimate of drug-likeness (QED) is 0.194. The molecule has 1 atom stereocenters. The second kappa shape index (κ2) is 12.4. The molecule has 1 unspecified atom stereocenters. The molecule has 8 heteroatoms. The molecule has 1 aromatic carbocycles. The van der Waals surface area contributed by atoms with Gasteiger partial charge in [0.05, 0.1) is 25.9 Å². The molecule has 0 radical (unpaired) electrons. The van der Waals surface area contributed by atoms with Crippen molar-refractivity contribution >= 4 is 34.3 Å². The number of carbonyl (C=O) groups is 2. The highest BCUT2D eigenvalue weighted by Crippen LogP contribution is 2.40. The van der Waals surface area contributed by atoms with Gasteiger partial charge < -0.3 is 19.5 Å². The third-order valence-electron chi connectivity index (χ3n) is 5.84. The van der Waals surface area contributed by atoms with Crippen LogP contribution in [-0.2, 0) is 22.4 Å². The van der Waals surface area contributed by atoms with Gasteiger partial charge >= 0.3 is 5.97 Å². The molecule has 186 valence electrons. The van der Waals surface area contributed by atoms with Crippen LogP contribution in [0.15, 0.2) is 23.8 Å². The number of fused-ring (bicyclic) bond motifs is 1. The normalized spacial score (nSPS) is 15.1. The van der Waals surface area contributed by atoms with Crippen LogP contribution in [0.2, 0.25) is 0 Å². The van der Waals surface area contributed by atoms with Crippen LogP contribution in [0.5, 0.6) is 11.5 Å². The topological polar surface area (TPSA) is 97.7 Å². The number of rotatable bonds is 10. The summed E-state index contributed by atoms with van der Waals surface area (Å²) >= 11 is 1.40. The molecule has 0 fully saturated rings. The van der Waals surface area contributed by atoms with Gasteiger partial charge in [-0.25, -0.2) is 4.79 Å². The minimum Gasteiger partial charge on any atom is -0.493 e. The van der Waals surface area contributed by atoms with Gasteiger partial charge in [0, 0.05) is 4.88 Å². The number of ether oxygens (including phenoxy) is 3. The lowest BCUT2D eigenvalue weighted by atomic mass is 9.88. The summed E-state index contributed by atoms with van der Waals surface area (Å²) in [5.41, 5.74) is 1.92. The van der Waals surface area contributed by atoms with Crippen LogP contribution in [0.3, 0.4) is 0 Å². The highest BCUT2D eigenvalue weighted by atomic mass is 32.1. The SMILES string of the molecule is CCCCOc1cc(/C=C(\C#N)C(=O)Nc2sc3c(c2C(=O)OCC)CCC(C)C3)ccc1OC. The highest BCUT2D eigenvalue weighted by molar-refractivity contribution is 7.17. The third-order valence-corrected chi connectivity index (χ3v) is 7.01. The third kappa shape index (κ3) is 6.43. The number of unbranched alkanes of at least 4 members (excludes halogenated alkanes) is 1. The molecule has 0 bridgehead atoms. The van der Waals surface area contributed by atoms with Gasteiger partial charge in [0.1, 0.15) is 16.6 Å². The summed E-state index contributed by atoms with van der Waals surface area (Å²) in [6, 6.07) is 7.22. The molecule has 35 heavy (non-hydrogen) atoms. The molecule has 1 heterocycles. The van der Waals surface area contributed by atoms with Gasteiger partial charge in [0.2, 0.25) is 0 Å². The van der Waals surface area contributed by atoms with Crippen molar-refractivity contribution in [3.63, 3.8) is 0 Å². The summed E-state index contributed by atoms with van der Waals surface area (Å²) < 4.78 is 16.4. The Morgan fingerprint density at radius 2 is 2.09 bits per heavy atom. The molecular weight excluding hydrogens is 464 g/mol. The molecule has 7 nitrogen and oxygen atoms in total. The van der Waals surface area contributed by atoms with Gasteiger partial charge in [0.25, 0.3) is 5.91 Å². The Morgan fingerprint density at radius 1 is 1.29 bits per heavy atom. The van der Waals surface area contributed by atoms with E-state index in [1.807, 2.05) is 6.07 Å². The molecule has 0 aliphatic heterocycles. The van der Waals surface area contributed by atoms with E-state index in [1.54, 1.807) is 32.2 Å². The maximum absolute atomic E-state index is 13.1. The summed E-state index contributed by atoms with van der Waals surface area (Å²) in [6.07, 6.45) is 6.01. The number of thiophene rings is 1. The van der Waals surface area contributed by atoms with Crippen LogP contribution in [0.4, 0.5) is 5.00 Å². The summed E-state index contributed by atoms with van der Waals surface area (Å²) in [5.74, 6) is 0.629. The van der Waals surface area contributed by atoms with Crippen LogP contribution in [0.1, 0.15) is 66.4 Å². The number of hydrogen-bond acceptors (Lipinski definition) is 7. The van der Waals surface area contributed by atoms with Gasteiger partial charge in [-0.05, 0) is 67.9 Å². The first-order chi connectivity index (χ1) is 16.9. The Balaban J connectivity index is 1.88. The van der Waals surface area contributed by atoms with Gasteiger partial charge in [-0.2, -0.15) is 5.26 Å². The van der Waals surface area contributed by atoms with E-state index in [0.717, 1.165) is 42.5 Å². The summed E-state index contributed by atoms with van der Waals surface area (Å²) in [7, 11) is 1.56. The van der Waals surface area contributed by atoms with Crippen LogP contribution in [0, 0.1) is 17.2 Å². The Hall–Kier alpha value is -3.31. The molecule has 1 aliphatic rings. The monoisotopic (exact) mass is 496 g/mol. The first-order valence-corrected chi connectivity index (χ1v) is 12.8. The number of methoxy groups -OCH3 is 1. The lowest BCUT2D eigenvalue weighted by Gasteiger charge is -2.18. The number of esters is 1. The predicted octanol–water partition coefficient (Wildman–Crippen LogP) is 5.78. The zero-order valence-electron chi connectivity index (χ0n) is 20.7. The van der Waals surface area contributed by atoms with E-state index in [0.29, 0.717) is 40.2 Å². The van der Waals surface area contributed by atoms with Crippen molar-refractivity contribution in [2.75, 3.05) is 25.6 Å². The number of amides is 1. The molecule has 1 aliphatic carbocycles. The van der Waals surface area contributed by atoms with E-state index >= 15 is 0 Å². The molecule has 0 saturated carbocycles. The first kappa shape index (κ1) is 26.3. The van der Waals surface area contributed by atoms with E-state index in [4.69, 9.17) is 14.2 Å². The van der Waals surface area contributed by atoms with Crippen molar-refractivity contribution < 1.29 is 23.8 Å². The van der Waals surface area contributed by atoms with E-state index < -0.39 is 11.9 Å². The molecule has 3 rings (SSSR count). The Morgan fingerprint density at radius 3 is 2.77 bits per heavy atom. The average Bonchev–Trinajstić information content (AvgIpc) is 3.19. The number of nitrogens with zero attached hydrogens (tertiary/aromatic N) is 1. The molecule has 0 spiro atoms. The number of hydrogen-bond donors (Lipinski definition) is 1. The standard InChI is InChI=1S/C27H32N2O5S/c1-5-7-12-34-22-15-18(9-11-21(22)32-4)14-19(16-28)25(30)29-26-24(27(31)33-6-2)20-10-8-17(3)13-23(20)35-26/h9,11,14-15,17H,5-8,10,12-13H2,1-4H3,(H,29,30)/b19-14+. The van der Waals surface area contributed by atoms with Gasteiger partial charge in [0.15, 0.2) is 11.5 Å². The van der Waals surface area contributed by atoms with Crippen molar-refractivity contribution in [1.29, 1.82) is 5.26 Å². The second-order valence-electron chi connectivity index (χ2n) is 8.51. The van der Waals surface area contributed by atoms with E-state index in [2.05, 4.69) is 19.2 Å². The number of nitrogens with one attached hydrogen (secondary N) is 1. The van der Waals surface area contributed by atoms with Gasteiger partial charge in [-0.1, -0.05) is 26.3 Å². The van der Waals surface area contributed by atoms with E-state index in [1.165, 1.54) is 17.4 Å². The van der Waals surface area contributed by atoms with Crippen LogP contribution in [-0.4, -0.2) is 32.2 Å². The summed E-state index contributed by atoms with van der Waals surface area (Å²) in [4.78, 5) is 26.9. The van der Waals surface area contributed by atoms with E-state index in [9.17, 15) is 14.9 Å². The molecule has 1 N–H and O–H groups in total. The fourth-order valence-corrected chi connectivity index (χ4v) is 5.36. The summed E-state index contributed by atoms with van der Waals surface area (Å²) in [6.45, 7) is 6.80. The van der Waals surface area contributed by atoms with Crippen LogP contribution in [0.25, 0.3) is 6.08 Å². The Kier molecular flexibility index (Phi) is 9.32. The number of anilines is 1. The maximum Gasteiger partial charge on any atom is 0.341 e. The smallest absolute Gasteiger partial charge is 0.341 e. The number of carbonyl (C=O) groups excluding carboxylic acids is 2. The summed E-state index contributed by atoms with van der Waals surface area (Å²) in [5, 5.41) is 13.0. The Bertz CT molecular complexity index is 1150. The van der Waals surface area contributed by atoms with Crippen molar-refractivity contribution in [3.05, 3.63) is 45.3 Å². The van der Waals surface area contributed by atoms with Crippen molar-refractivity contribution in [2.24, 2.45) is 5.92 Å². The number of benzene rings is 1. The molecule has 2 aromatic rings. The maximum atomic E-state index is 13.1. The number of nitriles is 1.